The molecule has 2 aromatic rings. The molecule has 20 heteroatoms. The van der Waals surface area contributed by atoms with E-state index < -0.39 is 38.1 Å². The molecule has 0 unspecified atom stereocenters. The molecule has 1 saturated carbocycles. The van der Waals surface area contributed by atoms with Crippen molar-refractivity contribution in [3.8, 4) is 0 Å². The molecule has 2 aromatic heterocycles. The van der Waals surface area contributed by atoms with E-state index in [4.69, 9.17) is 18.7 Å². The van der Waals surface area contributed by atoms with E-state index in [0.29, 0.717) is 37.5 Å². The minimum absolute atomic E-state index is 0.0110. The molecule has 1 aliphatic carbocycles. The molecule has 0 atom stereocenters. The smallest absolute Gasteiger partial charge is 0.428 e. The summed E-state index contributed by atoms with van der Waals surface area (Å²) in [5.41, 5.74) is -0.278. The van der Waals surface area contributed by atoms with Crippen LogP contribution in [-0.2, 0) is 47.4 Å². The lowest BCUT2D eigenvalue weighted by Crippen LogP contribution is -2.48. The summed E-state index contributed by atoms with van der Waals surface area (Å²) in [5.74, 6) is -0.690. The Morgan fingerprint density at radius 3 is 1.98 bits per heavy atom. The molecule has 43 heavy (non-hydrogen) atoms. The number of piperazine rings is 1. The molecule has 0 bridgehead atoms. The van der Waals surface area contributed by atoms with E-state index >= 15 is 0 Å². The summed E-state index contributed by atoms with van der Waals surface area (Å²) in [7, 11) is -5.99. The predicted octanol–water partition coefficient (Wildman–Crippen LogP) is 2.29. The lowest BCUT2D eigenvalue weighted by Gasteiger charge is -2.38. The number of aliphatic hydroxyl groups is 1. The van der Waals surface area contributed by atoms with Gasteiger partial charge in [0, 0.05) is 63.6 Å². The van der Waals surface area contributed by atoms with Gasteiger partial charge in [-0.2, -0.15) is 0 Å². The molecular weight excluding hydrogens is 618 g/mol. The Balaban J connectivity index is 1.53. The molecule has 18 nitrogen and oxygen atoms in total. The molecule has 4 rings (SSSR count). The van der Waals surface area contributed by atoms with Crippen LogP contribution in [-0.4, -0.2) is 96.9 Å². The zero-order valence-electron chi connectivity index (χ0n) is 23.9. The van der Waals surface area contributed by atoms with Crippen molar-refractivity contribution in [2.45, 2.75) is 30.4 Å². The van der Waals surface area contributed by atoms with Gasteiger partial charge in [0.25, 0.3) is 5.08 Å². The van der Waals surface area contributed by atoms with Gasteiger partial charge in [-0.15, -0.1) is 18.7 Å². The molecule has 0 radical (unpaired) electrons. The number of hydrogen-bond acceptors (Lipinski definition) is 16. The van der Waals surface area contributed by atoms with Crippen LogP contribution >= 0.6 is 15.2 Å². The van der Waals surface area contributed by atoms with Crippen LogP contribution < -0.4 is 10.3 Å². The summed E-state index contributed by atoms with van der Waals surface area (Å²) in [6.45, 7) is 1.75. The first-order valence-electron chi connectivity index (χ1n) is 13.0. The van der Waals surface area contributed by atoms with E-state index in [1.807, 2.05) is 14.4 Å². The second-order valence-electron chi connectivity index (χ2n) is 9.69. The van der Waals surface area contributed by atoms with E-state index in [2.05, 4.69) is 24.5 Å². The maximum absolute atomic E-state index is 13.5. The molecule has 2 N–H and O–H groups in total. The van der Waals surface area contributed by atoms with Gasteiger partial charge in [0.2, 0.25) is 5.43 Å². The first kappa shape index (κ1) is 33.6. The Kier molecular flexibility index (Phi) is 10.8. The Morgan fingerprint density at radius 2 is 1.51 bits per heavy atom. The number of nitrogens with zero attached hydrogens (tertiary/aromatic N) is 4. The number of fused-ring (bicyclic) bond motifs is 1. The summed E-state index contributed by atoms with van der Waals surface area (Å²) < 4.78 is 47.7. The Morgan fingerprint density at radius 1 is 0.977 bits per heavy atom. The third-order valence-corrected chi connectivity index (χ3v) is 12.2. The normalized spacial score (nSPS) is 17.1. The van der Waals surface area contributed by atoms with E-state index in [1.54, 1.807) is 6.07 Å². The highest BCUT2D eigenvalue weighted by atomic mass is 31.2. The van der Waals surface area contributed by atoms with Crippen molar-refractivity contribution in [1.82, 2.24) is 14.5 Å². The van der Waals surface area contributed by atoms with Crippen LogP contribution in [0.4, 0.5) is 5.82 Å². The quantitative estimate of drug-likeness (QED) is 0.151. The topological polar surface area (TPSA) is 207 Å². The number of anilines is 1. The third kappa shape index (κ3) is 6.71. The maximum Gasteiger partial charge on any atom is 0.428 e. The van der Waals surface area contributed by atoms with Crippen molar-refractivity contribution in [2.24, 2.45) is 0 Å². The van der Waals surface area contributed by atoms with Crippen LogP contribution in [0.25, 0.3) is 10.9 Å². The molecule has 2 fully saturated rings. The number of pyridine rings is 2. The van der Waals surface area contributed by atoms with Crippen molar-refractivity contribution in [2.75, 3.05) is 66.1 Å². The molecular formula is C23H34N4O14P2. The third-order valence-electron chi connectivity index (χ3n) is 7.10. The summed E-state index contributed by atoms with van der Waals surface area (Å²) in [6.07, 6.45) is 4.00. The van der Waals surface area contributed by atoms with Gasteiger partial charge >= 0.3 is 21.2 Å². The van der Waals surface area contributed by atoms with Crippen molar-refractivity contribution in [3.63, 3.8) is 0 Å². The van der Waals surface area contributed by atoms with Crippen molar-refractivity contribution >= 4 is 37.9 Å². The minimum Gasteiger partial charge on any atom is -0.477 e. The van der Waals surface area contributed by atoms with Gasteiger partial charge in [0.15, 0.2) is 0 Å². The molecule has 1 saturated heterocycles. The second kappa shape index (κ2) is 13.8. The SMILES string of the molecule is COOP(=O)(OOC)C(O)(CCN1CCN(c2cc3c(cn2)c(=O)c(C(=O)O)cn3C2CC2)CC1)P(=O)(OOC)OOC. The highest BCUT2D eigenvalue weighted by molar-refractivity contribution is 7.73. The first-order valence-corrected chi connectivity index (χ1v) is 16.1. The summed E-state index contributed by atoms with van der Waals surface area (Å²) in [5, 5.41) is 18.2. The molecule has 0 amide bonds. The zero-order valence-corrected chi connectivity index (χ0v) is 25.7. The fourth-order valence-electron chi connectivity index (χ4n) is 4.80. The standard InChI is InChI=1S/C23H34N4O14P2/c1-34-38-42(32,39-35-2)23(31,43(33,40-36-3)41-37-4)7-8-25-9-11-26(12-10-25)20-13-19-17(14-24-20)21(28)18(22(29)30)15-27(19)16-5-6-16/h13-16,31H,5-12H2,1-4H3,(H,29,30). The van der Waals surface area contributed by atoms with Gasteiger partial charge in [-0.25, -0.2) is 29.3 Å². The largest absolute Gasteiger partial charge is 0.477 e. The second-order valence-corrected chi connectivity index (χ2v) is 14.1. The Labute approximate surface area is 245 Å². The van der Waals surface area contributed by atoms with E-state index in [0.717, 1.165) is 41.3 Å². The lowest BCUT2D eigenvalue weighted by atomic mass is 10.1. The highest BCUT2D eigenvalue weighted by Gasteiger charge is 2.68. The Bertz CT molecular complexity index is 1410. The molecule has 1 aliphatic heterocycles. The van der Waals surface area contributed by atoms with Gasteiger partial charge in [-0.3, -0.25) is 18.8 Å². The van der Waals surface area contributed by atoms with Crippen LogP contribution in [0.3, 0.4) is 0 Å². The van der Waals surface area contributed by atoms with E-state index in [1.165, 1.54) is 12.4 Å². The van der Waals surface area contributed by atoms with Crippen LogP contribution in [0, 0.1) is 0 Å². The number of aromatic nitrogens is 2. The van der Waals surface area contributed by atoms with Crippen LogP contribution in [0.15, 0.2) is 23.3 Å². The molecule has 3 heterocycles. The van der Waals surface area contributed by atoms with E-state index in [9.17, 15) is 28.9 Å². The zero-order chi connectivity index (χ0) is 31.4. The van der Waals surface area contributed by atoms with Gasteiger partial charge in [0.05, 0.1) is 39.3 Å². The predicted molar refractivity (Wildman–Crippen MR) is 147 cm³/mol. The maximum atomic E-state index is 13.5. The van der Waals surface area contributed by atoms with Crippen molar-refractivity contribution in [1.29, 1.82) is 0 Å². The average molecular weight is 652 g/mol. The number of aromatic carboxylic acids is 1. The fourth-order valence-corrected chi connectivity index (χ4v) is 8.46. The van der Waals surface area contributed by atoms with Gasteiger partial charge in [0.1, 0.15) is 11.4 Å². The summed E-state index contributed by atoms with van der Waals surface area (Å²) in [6, 6.07) is 1.89. The molecule has 240 valence electrons. The number of hydrogen-bond donors (Lipinski definition) is 2. The summed E-state index contributed by atoms with van der Waals surface area (Å²) in [4.78, 5) is 50.6. The van der Waals surface area contributed by atoms with Gasteiger partial charge in [-0.05, 0) is 12.8 Å². The first-order chi connectivity index (χ1) is 20.5. The number of carboxylic acid groups (broad SMARTS) is 1. The van der Waals surface area contributed by atoms with Crippen LogP contribution in [0.1, 0.15) is 35.7 Å². The van der Waals surface area contributed by atoms with Gasteiger partial charge in [-0.1, -0.05) is 0 Å². The molecule has 2 aliphatic rings. The number of carboxylic acids is 1. The van der Waals surface area contributed by atoms with Crippen LogP contribution in [0.5, 0.6) is 0 Å². The minimum atomic E-state index is -4.97. The summed E-state index contributed by atoms with van der Waals surface area (Å²) >= 11 is 0. The van der Waals surface area contributed by atoms with Crippen molar-refractivity contribution in [3.05, 3.63) is 34.2 Å². The monoisotopic (exact) mass is 652 g/mol. The molecule has 0 aromatic carbocycles. The fraction of sp³-hybridized carbons (Fsp3) is 0.609. The van der Waals surface area contributed by atoms with Crippen molar-refractivity contribution < 1.29 is 62.4 Å². The number of rotatable bonds is 16. The average Bonchev–Trinajstić information content (AvgIpc) is 3.82. The van der Waals surface area contributed by atoms with E-state index in [-0.39, 0.29) is 23.5 Å². The van der Waals surface area contributed by atoms with Crippen LogP contribution in [0.2, 0.25) is 0 Å². The number of carbonyl (C=O) groups is 1. The van der Waals surface area contributed by atoms with Gasteiger partial charge < -0.3 is 19.7 Å². The lowest BCUT2D eigenvalue weighted by molar-refractivity contribution is -0.264. The molecule has 0 spiro atoms. The highest BCUT2D eigenvalue weighted by Crippen LogP contribution is 2.78. The Hall–Kier alpha value is -2.31.